The molecule has 0 aliphatic heterocycles. The van der Waals surface area contributed by atoms with Crippen LogP contribution < -0.4 is 11.4 Å². The lowest BCUT2D eigenvalue weighted by Crippen LogP contribution is -2.36. The second kappa shape index (κ2) is 3.75. The average Bonchev–Trinajstić information content (AvgIpc) is 2.53. The van der Waals surface area contributed by atoms with E-state index in [1.54, 1.807) is 16.8 Å². The molecule has 0 aromatic carbocycles. The topological polar surface area (TPSA) is 76.7 Å². The highest BCUT2D eigenvalue weighted by atomic mass is 16.1. The first kappa shape index (κ1) is 10.9. The number of aromatic amines is 1. The Kier molecular flexibility index (Phi) is 2.55. The molecule has 2 aromatic rings. The fourth-order valence-corrected chi connectivity index (χ4v) is 1.97. The molecule has 2 heterocycles. The van der Waals surface area contributed by atoms with Gasteiger partial charge in [0.15, 0.2) is 5.65 Å². The molecule has 2 rings (SSSR count). The lowest BCUT2D eigenvalue weighted by atomic mass is 10.0. The number of nitrogens with two attached hydrogens (primary N) is 1. The maximum atomic E-state index is 11.9. The van der Waals surface area contributed by atoms with Gasteiger partial charge in [-0.1, -0.05) is 0 Å². The van der Waals surface area contributed by atoms with Gasteiger partial charge in [-0.25, -0.2) is 9.78 Å². The van der Waals surface area contributed by atoms with Gasteiger partial charge in [0, 0.05) is 11.7 Å². The van der Waals surface area contributed by atoms with Gasteiger partial charge in [-0.3, -0.25) is 4.57 Å². The number of aromatic nitrogens is 3. The van der Waals surface area contributed by atoms with Crippen LogP contribution >= 0.6 is 0 Å². The standard InChI is InChI=1S/C11H16N4O/c1-11(2,5-6-12)15-9-8(14-10(15)16)4-3-7-13-9/h3-4,7H,5-6,12H2,1-2H3,(H,14,16). The van der Waals surface area contributed by atoms with Crippen molar-refractivity contribution in [3.05, 3.63) is 28.8 Å². The van der Waals surface area contributed by atoms with Crippen LogP contribution in [0.5, 0.6) is 0 Å². The fraction of sp³-hybridized carbons (Fsp3) is 0.455. The molecule has 86 valence electrons. The number of hydrogen-bond donors (Lipinski definition) is 2. The number of rotatable bonds is 3. The van der Waals surface area contributed by atoms with Crippen LogP contribution in [0.15, 0.2) is 23.1 Å². The van der Waals surface area contributed by atoms with Crippen LogP contribution in [-0.4, -0.2) is 21.1 Å². The van der Waals surface area contributed by atoms with Crippen molar-refractivity contribution in [2.24, 2.45) is 5.73 Å². The summed E-state index contributed by atoms with van der Waals surface area (Å²) < 4.78 is 1.68. The van der Waals surface area contributed by atoms with Gasteiger partial charge >= 0.3 is 5.69 Å². The van der Waals surface area contributed by atoms with Crippen molar-refractivity contribution in [2.75, 3.05) is 6.54 Å². The van der Waals surface area contributed by atoms with E-state index in [-0.39, 0.29) is 11.2 Å². The van der Waals surface area contributed by atoms with E-state index >= 15 is 0 Å². The number of H-pyrrole nitrogens is 1. The first-order chi connectivity index (χ1) is 7.56. The average molecular weight is 220 g/mol. The van der Waals surface area contributed by atoms with Crippen molar-refractivity contribution in [3.8, 4) is 0 Å². The van der Waals surface area contributed by atoms with Crippen molar-refractivity contribution in [1.29, 1.82) is 0 Å². The number of fused-ring (bicyclic) bond motifs is 1. The molecular formula is C11H16N4O. The van der Waals surface area contributed by atoms with Crippen LogP contribution in [0.2, 0.25) is 0 Å². The Bertz CT molecular complexity index is 552. The zero-order chi connectivity index (χ0) is 11.8. The van der Waals surface area contributed by atoms with Crippen molar-refractivity contribution >= 4 is 11.2 Å². The monoisotopic (exact) mass is 220 g/mol. The minimum Gasteiger partial charge on any atom is -0.330 e. The summed E-state index contributed by atoms with van der Waals surface area (Å²) in [5, 5.41) is 0. The van der Waals surface area contributed by atoms with Gasteiger partial charge in [-0.2, -0.15) is 0 Å². The highest BCUT2D eigenvalue weighted by Crippen LogP contribution is 2.20. The van der Waals surface area contributed by atoms with Crippen LogP contribution in [0.4, 0.5) is 0 Å². The van der Waals surface area contributed by atoms with E-state index in [9.17, 15) is 4.79 Å². The Morgan fingerprint density at radius 3 is 3.00 bits per heavy atom. The minimum atomic E-state index is -0.321. The molecule has 2 aromatic heterocycles. The second-order valence-corrected chi connectivity index (χ2v) is 4.49. The Balaban J connectivity index is 2.68. The lowest BCUT2D eigenvalue weighted by Gasteiger charge is -2.25. The molecule has 5 nitrogen and oxygen atoms in total. The van der Waals surface area contributed by atoms with E-state index in [1.165, 1.54) is 0 Å². The van der Waals surface area contributed by atoms with Crippen LogP contribution in [0.25, 0.3) is 11.2 Å². The molecule has 0 unspecified atom stereocenters. The molecule has 0 saturated carbocycles. The fourth-order valence-electron chi connectivity index (χ4n) is 1.97. The summed E-state index contributed by atoms with van der Waals surface area (Å²) in [5.41, 5.74) is 6.56. The molecule has 0 aliphatic rings. The molecule has 16 heavy (non-hydrogen) atoms. The second-order valence-electron chi connectivity index (χ2n) is 4.49. The van der Waals surface area contributed by atoms with Gasteiger partial charge in [0.2, 0.25) is 0 Å². The molecular weight excluding hydrogens is 204 g/mol. The molecule has 0 spiro atoms. The summed E-state index contributed by atoms with van der Waals surface area (Å²) in [6.45, 7) is 4.52. The zero-order valence-corrected chi connectivity index (χ0v) is 9.53. The molecule has 0 amide bonds. The van der Waals surface area contributed by atoms with Gasteiger partial charge in [-0.15, -0.1) is 0 Å². The summed E-state index contributed by atoms with van der Waals surface area (Å²) in [6, 6.07) is 3.65. The summed E-state index contributed by atoms with van der Waals surface area (Å²) in [4.78, 5) is 18.9. The number of pyridine rings is 1. The summed E-state index contributed by atoms with van der Waals surface area (Å²) in [5.74, 6) is 0. The van der Waals surface area contributed by atoms with E-state index in [2.05, 4.69) is 9.97 Å². The minimum absolute atomic E-state index is 0.132. The van der Waals surface area contributed by atoms with Crippen molar-refractivity contribution < 1.29 is 0 Å². The summed E-state index contributed by atoms with van der Waals surface area (Å²) >= 11 is 0. The first-order valence-corrected chi connectivity index (χ1v) is 5.32. The van der Waals surface area contributed by atoms with Gasteiger partial charge in [-0.05, 0) is 38.9 Å². The SMILES string of the molecule is CC(C)(CCN)n1c(=O)[nH]c2cccnc21. The van der Waals surface area contributed by atoms with Crippen molar-refractivity contribution in [2.45, 2.75) is 25.8 Å². The smallest absolute Gasteiger partial charge is 0.328 e. The van der Waals surface area contributed by atoms with Crippen LogP contribution in [0.3, 0.4) is 0 Å². The number of imidazole rings is 1. The maximum absolute atomic E-state index is 11.9. The largest absolute Gasteiger partial charge is 0.330 e. The number of hydrogen-bond acceptors (Lipinski definition) is 3. The van der Waals surface area contributed by atoms with Gasteiger partial charge in [0.05, 0.1) is 5.52 Å². The summed E-state index contributed by atoms with van der Waals surface area (Å²) in [6.07, 6.45) is 2.42. The summed E-state index contributed by atoms with van der Waals surface area (Å²) in [7, 11) is 0. The molecule has 3 N–H and O–H groups in total. The third kappa shape index (κ3) is 1.63. The zero-order valence-electron chi connectivity index (χ0n) is 9.53. The lowest BCUT2D eigenvalue weighted by molar-refractivity contribution is 0.332. The van der Waals surface area contributed by atoms with E-state index in [1.807, 2.05) is 19.9 Å². The Labute approximate surface area is 93.3 Å². The Morgan fingerprint density at radius 1 is 1.56 bits per heavy atom. The predicted molar refractivity (Wildman–Crippen MR) is 63.3 cm³/mol. The maximum Gasteiger partial charge on any atom is 0.328 e. The molecule has 0 atom stereocenters. The number of nitrogens with one attached hydrogen (secondary N) is 1. The molecule has 0 saturated heterocycles. The molecule has 5 heteroatoms. The van der Waals surface area contributed by atoms with E-state index in [0.29, 0.717) is 12.2 Å². The van der Waals surface area contributed by atoms with E-state index in [4.69, 9.17) is 5.73 Å². The number of nitrogens with zero attached hydrogens (tertiary/aromatic N) is 2. The highest BCUT2D eigenvalue weighted by Gasteiger charge is 2.24. The molecule has 0 radical (unpaired) electrons. The van der Waals surface area contributed by atoms with Crippen LogP contribution in [0.1, 0.15) is 20.3 Å². The molecule has 0 bridgehead atoms. The highest BCUT2D eigenvalue weighted by molar-refractivity contribution is 5.70. The first-order valence-electron chi connectivity index (χ1n) is 5.32. The van der Waals surface area contributed by atoms with Crippen LogP contribution in [0, 0.1) is 0 Å². The molecule has 0 aliphatic carbocycles. The van der Waals surface area contributed by atoms with E-state index in [0.717, 1.165) is 11.9 Å². The Morgan fingerprint density at radius 2 is 2.31 bits per heavy atom. The van der Waals surface area contributed by atoms with Crippen LogP contribution in [-0.2, 0) is 5.54 Å². The third-order valence-corrected chi connectivity index (χ3v) is 2.80. The normalized spacial score (nSPS) is 12.2. The third-order valence-electron chi connectivity index (χ3n) is 2.80. The van der Waals surface area contributed by atoms with Gasteiger partial charge < -0.3 is 10.7 Å². The van der Waals surface area contributed by atoms with Crippen molar-refractivity contribution in [3.63, 3.8) is 0 Å². The predicted octanol–water partition coefficient (Wildman–Crippen LogP) is 0.808. The van der Waals surface area contributed by atoms with Gasteiger partial charge in [0.25, 0.3) is 0 Å². The van der Waals surface area contributed by atoms with Gasteiger partial charge in [0.1, 0.15) is 0 Å². The Hall–Kier alpha value is -1.62. The quantitative estimate of drug-likeness (QED) is 0.803. The van der Waals surface area contributed by atoms with E-state index < -0.39 is 0 Å². The molecule has 0 fully saturated rings. The van der Waals surface area contributed by atoms with Crippen molar-refractivity contribution in [1.82, 2.24) is 14.5 Å².